The number of nitrogens with zero attached hydrogens (tertiary/aromatic N) is 1. The van der Waals surface area contributed by atoms with Gasteiger partial charge in [0.1, 0.15) is 6.29 Å². The Morgan fingerprint density at radius 2 is 2.28 bits per heavy atom. The number of hydrogen-bond donors (Lipinski definition) is 0. The van der Waals surface area contributed by atoms with E-state index in [0.29, 0.717) is 19.3 Å². The van der Waals surface area contributed by atoms with Crippen molar-refractivity contribution in [1.29, 1.82) is 0 Å². The molecular formula is C14H21NO2S. The van der Waals surface area contributed by atoms with Crippen LogP contribution in [0.25, 0.3) is 0 Å². The van der Waals surface area contributed by atoms with Crippen LogP contribution in [0.3, 0.4) is 0 Å². The molecule has 0 N–H and O–H groups in total. The van der Waals surface area contributed by atoms with Crippen molar-refractivity contribution >= 4 is 17.6 Å². The maximum absolute atomic E-state index is 11.4. The highest BCUT2D eigenvalue weighted by atomic mass is 32.1. The smallest absolute Gasteiger partial charge is 0.127 e. The Hall–Kier alpha value is -0.710. The molecule has 1 atom stereocenters. The molecule has 1 aromatic heterocycles. The summed E-state index contributed by atoms with van der Waals surface area (Å²) >= 11 is 1.77. The van der Waals surface area contributed by atoms with Crippen molar-refractivity contribution < 1.29 is 9.53 Å². The molecule has 1 aliphatic rings. The first-order valence-electron chi connectivity index (χ1n) is 6.45. The Bertz CT molecular complexity index is 371. The quantitative estimate of drug-likeness (QED) is 0.768. The maximum Gasteiger partial charge on any atom is 0.127 e. The monoisotopic (exact) mass is 267 g/mol. The van der Waals surface area contributed by atoms with Crippen LogP contribution in [-0.4, -0.2) is 38.0 Å². The summed E-state index contributed by atoms with van der Waals surface area (Å²) < 4.78 is 5.37. The summed E-state index contributed by atoms with van der Waals surface area (Å²) in [4.78, 5) is 15.1. The highest BCUT2D eigenvalue weighted by Crippen LogP contribution is 2.32. The highest BCUT2D eigenvalue weighted by molar-refractivity contribution is 7.10. The van der Waals surface area contributed by atoms with Gasteiger partial charge in [0.25, 0.3) is 0 Å². The SMILES string of the molecule is CC(c1cccs1)N(C)CC1(C=O)CCOCC1. The van der Waals surface area contributed by atoms with Gasteiger partial charge in [-0.05, 0) is 38.3 Å². The van der Waals surface area contributed by atoms with Crippen molar-refractivity contribution in [1.82, 2.24) is 4.90 Å². The van der Waals surface area contributed by atoms with Crippen LogP contribution in [0.4, 0.5) is 0 Å². The van der Waals surface area contributed by atoms with E-state index in [1.165, 1.54) is 4.88 Å². The van der Waals surface area contributed by atoms with Crippen molar-refractivity contribution in [3.05, 3.63) is 22.4 Å². The summed E-state index contributed by atoms with van der Waals surface area (Å²) in [6, 6.07) is 4.60. The number of aldehydes is 1. The van der Waals surface area contributed by atoms with Crippen LogP contribution in [0.5, 0.6) is 0 Å². The van der Waals surface area contributed by atoms with E-state index in [1.54, 1.807) is 11.3 Å². The van der Waals surface area contributed by atoms with Crippen LogP contribution in [-0.2, 0) is 9.53 Å². The molecule has 100 valence electrons. The zero-order chi connectivity index (χ0) is 13.0. The van der Waals surface area contributed by atoms with Gasteiger partial charge >= 0.3 is 0 Å². The summed E-state index contributed by atoms with van der Waals surface area (Å²) in [5.74, 6) is 0. The molecule has 0 amide bonds. The lowest BCUT2D eigenvalue weighted by Crippen LogP contribution is -2.41. The van der Waals surface area contributed by atoms with Gasteiger partial charge in [0.15, 0.2) is 0 Å². The van der Waals surface area contributed by atoms with E-state index in [-0.39, 0.29) is 5.41 Å². The van der Waals surface area contributed by atoms with Crippen LogP contribution in [0, 0.1) is 5.41 Å². The van der Waals surface area contributed by atoms with Crippen LogP contribution in [0.2, 0.25) is 0 Å². The molecule has 1 fully saturated rings. The van der Waals surface area contributed by atoms with Gasteiger partial charge in [-0.2, -0.15) is 0 Å². The predicted molar refractivity (Wildman–Crippen MR) is 73.9 cm³/mol. The fourth-order valence-electron chi connectivity index (χ4n) is 2.47. The third-order valence-corrected chi connectivity index (χ3v) is 4.96. The van der Waals surface area contributed by atoms with Gasteiger partial charge in [-0.25, -0.2) is 0 Å². The molecule has 0 bridgehead atoms. The number of hydrogen-bond acceptors (Lipinski definition) is 4. The van der Waals surface area contributed by atoms with Gasteiger partial charge in [-0.3, -0.25) is 4.90 Å². The molecule has 1 unspecified atom stereocenters. The first-order chi connectivity index (χ1) is 8.67. The zero-order valence-electron chi connectivity index (χ0n) is 11.1. The van der Waals surface area contributed by atoms with Crippen molar-refractivity contribution in [2.75, 3.05) is 26.8 Å². The second kappa shape index (κ2) is 5.95. The summed E-state index contributed by atoms with van der Waals surface area (Å²) in [6.07, 6.45) is 2.84. The molecule has 4 heteroatoms. The predicted octanol–water partition coefficient (Wildman–Crippen LogP) is 2.74. The number of ether oxygens (including phenoxy) is 1. The number of carbonyl (C=O) groups excluding carboxylic acids is 1. The van der Waals surface area contributed by atoms with E-state index in [0.717, 1.165) is 25.7 Å². The van der Waals surface area contributed by atoms with Crippen LogP contribution in [0.1, 0.15) is 30.7 Å². The van der Waals surface area contributed by atoms with E-state index in [4.69, 9.17) is 4.74 Å². The average molecular weight is 267 g/mol. The molecule has 1 aliphatic heterocycles. The fraction of sp³-hybridized carbons (Fsp3) is 0.643. The van der Waals surface area contributed by atoms with E-state index in [9.17, 15) is 4.79 Å². The number of carbonyl (C=O) groups is 1. The lowest BCUT2D eigenvalue weighted by molar-refractivity contribution is -0.123. The van der Waals surface area contributed by atoms with Gasteiger partial charge in [0.05, 0.1) is 0 Å². The summed E-state index contributed by atoms with van der Waals surface area (Å²) in [5, 5.41) is 2.10. The highest BCUT2D eigenvalue weighted by Gasteiger charge is 2.34. The molecule has 1 aromatic rings. The molecule has 0 aromatic carbocycles. The summed E-state index contributed by atoms with van der Waals surface area (Å²) in [5.41, 5.74) is -0.210. The first kappa shape index (κ1) is 13.7. The molecule has 3 nitrogen and oxygen atoms in total. The Morgan fingerprint density at radius 3 is 2.83 bits per heavy atom. The van der Waals surface area contributed by atoms with Crippen LogP contribution in [0.15, 0.2) is 17.5 Å². The second-order valence-corrected chi connectivity index (χ2v) is 6.18. The number of thiophene rings is 1. The average Bonchev–Trinajstić information content (AvgIpc) is 2.92. The van der Waals surface area contributed by atoms with Gasteiger partial charge in [-0.15, -0.1) is 11.3 Å². The minimum absolute atomic E-state index is 0.210. The van der Waals surface area contributed by atoms with Gasteiger partial charge in [-0.1, -0.05) is 6.07 Å². The van der Waals surface area contributed by atoms with Gasteiger partial charge in [0.2, 0.25) is 0 Å². The molecule has 2 rings (SSSR count). The lowest BCUT2D eigenvalue weighted by Gasteiger charge is -2.37. The normalized spacial score (nSPS) is 20.8. The molecule has 0 aliphatic carbocycles. The van der Waals surface area contributed by atoms with Crippen molar-refractivity contribution in [3.8, 4) is 0 Å². The molecule has 18 heavy (non-hydrogen) atoms. The topological polar surface area (TPSA) is 29.5 Å². The minimum atomic E-state index is -0.210. The zero-order valence-corrected chi connectivity index (χ0v) is 11.9. The number of rotatable bonds is 5. The van der Waals surface area contributed by atoms with Gasteiger partial charge < -0.3 is 9.53 Å². The summed E-state index contributed by atoms with van der Waals surface area (Å²) in [6.45, 7) is 4.43. The molecule has 1 saturated heterocycles. The Labute approximate surface area is 113 Å². The van der Waals surface area contributed by atoms with E-state index < -0.39 is 0 Å². The molecular weight excluding hydrogens is 246 g/mol. The van der Waals surface area contributed by atoms with Crippen LogP contribution < -0.4 is 0 Å². The third-order valence-electron chi connectivity index (χ3n) is 3.92. The van der Waals surface area contributed by atoms with E-state index in [1.807, 2.05) is 0 Å². The molecule has 0 spiro atoms. The standard InChI is InChI=1S/C14H21NO2S/c1-12(13-4-3-9-18-13)15(2)10-14(11-16)5-7-17-8-6-14/h3-4,9,11-12H,5-8,10H2,1-2H3. The molecule has 2 heterocycles. The second-order valence-electron chi connectivity index (χ2n) is 5.20. The maximum atomic E-state index is 11.4. The van der Waals surface area contributed by atoms with Crippen molar-refractivity contribution in [3.63, 3.8) is 0 Å². The largest absolute Gasteiger partial charge is 0.381 e. The van der Waals surface area contributed by atoms with Crippen molar-refractivity contribution in [2.24, 2.45) is 5.41 Å². The Balaban J connectivity index is 2.00. The van der Waals surface area contributed by atoms with E-state index in [2.05, 4.69) is 36.4 Å². The molecule has 0 saturated carbocycles. The van der Waals surface area contributed by atoms with Gasteiger partial charge in [0, 0.05) is 36.1 Å². The summed E-state index contributed by atoms with van der Waals surface area (Å²) in [7, 11) is 2.10. The van der Waals surface area contributed by atoms with Crippen molar-refractivity contribution in [2.45, 2.75) is 25.8 Å². The third kappa shape index (κ3) is 2.99. The van der Waals surface area contributed by atoms with Crippen LogP contribution >= 0.6 is 11.3 Å². The Morgan fingerprint density at radius 1 is 1.56 bits per heavy atom. The first-order valence-corrected chi connectivity index (χ1v) is 7.32. The Kier molecular flexibility index (Phi) is 4.54. The lowest BCUT2D eigenvalue weighted by atomic mass is 9.81. The fourth-order valence-corrected chi connectivity index (χ4v) is 3.32. The minimum Gasteiger partial charge on any atom is -0.381 e. The van der Waals surface area contributed by atoms with E-state index >= 15 is 0 Å². The molecule has 0 radical (unpaired) electrons.